The molecule has 0 aromatic heterocycles. The van der Waals surface area contributed by atoms with Crippen LogP contribution in [0.1, 0.15) is 30.9 Å². The van der Waals surface area contributed by atoms with Gasteiger partial charge in [-0.3, -0.25) is 9.69 Å². The molecule has 1 aromatic rings. The quantitative estimate of drug-likeness (QED) is 0.596. The van der Waals surface area contributed by atoms with E-state index in [2.05, 4.69) is 36.5 Å². The van der Waals surface area contributed by atoms with Crippen molar-refractivity contribution in [2.24, 2.45) is 0 Å². The lowest BCUT2D eigenvalue weighted by atomic mass is 10.0. The van der Waals surface area contributed by atoms with Gasteiger partial charge in [-0.25, -0.2) is 4.79 Å². The Balaban J connectivity index is 1.74. The summed E-state index contributed by atoms with van der Waals surface area (Å²) in [7, 11) is 0. The van der Waals surface area contributed by atoms with Crippen molar-refractivity contribution in [1.82, 2.24) is 10.2 Å². The molecule has 2 amide bonds. The van der Waals surface area contributed by atoms with Gasteiger partial charge in [-0.1, -0.05) is 31.2 Å². The van der Waals surface area contributed by atoms with E-state index in [4.69, 9.17) is 5.11 Å². The van der Waals surface area contributed by atoms with E-state index < -0.39 is 12.1 Å². The highest BCUT2D eigenvalue weighted by Gasteiger charge is 2.35. The first-order valence-electron chi connectivity index (χ1n) is 7.47. The van der Waals surface area contributed by atoms with Crippen molar-refractivity contribution in [1.29, 1.82) is 0 Å². The molecule has 0 aliphatic carbocycles. The summed E-state index contributed by atoms with van der Waals surface area (Å²) < 4.78 is 0. The predicted octanol–water partition coefficient (Wildman–Crippen LogP) is 2.05. The molecule has 5 heteroatoms. The van der Waals surface area contributed by atoms with Gasteiger partial charge in [-0.15, -0.1) is 0 Å². The van der Waals surface area contributed by atoms with Crippen molar-refractivity contribution >= 4 is 12.0 Å². The average molecular weight is 290 g/mol. The largest absolute Gasteiger partial charge is 0.465 e. The molecule has 1 aliphatic rings. The van der Waals surface area contributed by atoms with Gasteiger partial charge in [-0.2, -0.15) is 0 Å². The third-order valence-corrected chi connectivity index (χ3v) is 3.94. The van der Waals surface area contributed by atoms with Crippen LogP contribution in [0.3, 0.4) is 0 Å². The lowest BCUT2D eigenvalue weighted by Crippen LogP contribution is -2.63. The number of hydrogen-bond donors (Lipinski definition) is 2. The first-order valence-corrected chi connectivity index (χ1v) is 7.47. The number of hydrogen-bond acceptors (Lipinski definition) is 2. The maximum absolute atomic E-state index is 11.3. The molecule has 1 aliphatic heterocycles. The van der Waals surface area contributed by atoms with E-state index in [-0.39, 0.29) is 5.91 Å². The SMILES string of the molecule is CCc1ccc(CCCCN(C(=O)O)[C@H]2CNC2=O)cc1. The van der Waals surface area contributed by atoms with Crippen LogP contribution in [0.25, 0.3) is 0 Å². The van der Waals surface area contributed by atoms with Crippen LogP contribution in [0, 0.1) is 0 Å². The summed E-state index contributed by atoms with van der Waals surface area (Å²) in [5.74, 6) is -0.187. The van der Waals surface area contributed by atoms with Crippen molar-refractivity contribution in [2.45, 2.75) is 38.6 Å². The Bertz CT molecular complexity index is 499. The molecule has 2 rings (SSSR count). The van der Waals surface area contributed by atoms with Gasteiger partial charge in [-0.05, 0) is 36.8 Å². The van der Waals surface area contributed by atoms with Crippen LogP contribution in [0.5, 0.6) is 0 Å². The molecule has 0 bridgehead atoms. The third kappa shape index (κ3) is 3.97. The molecule has 0 saturated carbocycles. The van der Waals surface area contributed by atoms with Crippen molar-refractivity contribution < 1.29 is 14.7 Å². The first-order chi connectivity index (χ1) is 10.1. The number of aryl methyl sites for hydroxylation is 2. The van der Waals surface area contributed by atoms with E-state index >= 15 is 0 Å². The Kier molecular flexibility index (Phi) is 5.20. The normalized spacial score (nSPS) is 17.0. The van der Waals surface area contributed by atoms with E-state index in [1.165, 1.54) is 16.0 Å². The first kappa shape index (κ1) is 15.4. The maximum Gasteiger partial charge on any atom is 0.408 e. The second-order valence-corrected chi connectivity index (χ2v) is 5.36. The second kappa shape index (κ2) is 7.11. The van der Waals surface area contributed by atoms with E-state index in [9.17, 15) is 9.59 Å². The molecule has 0 unspecified atom stereocenters. The Labute approximate surface area is 125 Å². The monoisotopic (exact) mass is 290 g/mol. The smallest absolute Gasteiger partial charge is 0.408 e. The molecule has 1 fully saturated rings. The topological polar surface area (TPSA) is 69.6 Å². The number of unbranched alkanes of at least 4 members (excludes halogenated alkanes) is 1. The summed E-state index contributed by atoms with van der Waals surface area (Å²) in [5.41, 5.74) is 2.60. The maximum atomic E-state index is 11.3. The Morgan fingerprint density at radius 1 is 1.29 bits per heavy atom. The molecule has 1 atom stereocenters. The molecule has 0 spiro atoms. The van der Waals surface area contributed by atoms with Crippen molar-refractivity contribution in [2.75, 3.05) is 13.1 Å². The summed E-state index contributed by atoms with van der Waals surface area (Å²) in [6.07, 6.45) is 2.66. The fourth-order valence-electron chi connectivity index (χ4n) is 2.47. The third-order valence-electron chi connectivity index (χ3n) is 3.94. The summed E-state index contributed by atoms with van der Waals surface area (Å²) in [5, 5.41) is 11.7. The number of carbonyl (C=O) groups excluding carboxylic acids is 1. The van der Waals surface area contributed by atoms with Gasteiger partial charge in [0, 0.05) is 13.1 Å². The van der Waals surface area contributed by atoms with Gasteiger partial charge in [0.25, 0.3) is 0 Å². The number of amides is 2. The van der Waals surface area contributed by atoms with Gasteiger partial charge < -0.3 is 10.4 Å². The number of benzene rings is 1. The van der Waals surface area contributed by atoms with Crippen LogP contribution in [0.2, 0.25) is 0 Å². The summed E-state index contributed by atoms with van der Waals surface area (Å²) >= 11 is 0. The van der Waals surface area contributed by atoms with Gasteiger partial charge in [0.2, 0.25) is 5.91 Å². The lowest BCUT2D eigenvalue weighted by molar-refractivity contribution is -0.132. The van der Waals surface area contributed by atoms with Crippen molar-refractivity contribution in [3.8, 4) is 0 Å². The molecular weight excluding hydrogens is 268 g/mol. The van der Waals surface area contributed by atoms with Crippen LogP contribution in [-0.4, -0.2) is 41.1 Å². The molecule has 5 nitrogen and oxygen atoms in total. The molecule has 2 N–H and O–H groups in total. The Morgan fingerprint density at radius 2 is 1.95 bits per heavy atom. The zero-order valence-corrected chi connectivity index (χ0v) is 12.3. The summed E-state index contributed by atoms with van der Waals surface area (Å²) in [4.78, 5) is 23.7. The molecule has 1 aromatic carbocycles. The van der Waals surface area contributed by atoms with E-state index in [1.54, 1.807) is 0 Å². The number of carboxylic acid groups (broad SMARTS) is 1. The summed E-state index contributed by atoms with van der Waals surface area (Å²) in [6, 6.07) is 8.04. The second-order valence-electron chi connectivity index (χ2n) is 5.36. The van der Waals surface area contributed by atoms with Crippen LogP contribution in [-0.2, 0) is 17.6 Å². The zero-order valence-electron chi connectivity index (χ0n) is 12.3. The number of carbonyl (C=O) groups is 2. The lowest BCUT2D eigenvalue weighted by Gasteiger charge is -2.34. The van der Waals surface area contributed by atoms with Crippen LogP contribution < -0.4 is 5.32 Å². The standard InChI is InChI=1S/C16H22N2O3/c1-2-12-6-8-13(9-7-12)5-3-4-10-18(16(20)21)14-11-17-15(14)19/h6-9,14H,2-5,10-11H2,1H3,(H,17,19)(H,20,21)/t14-/m0/s1. The molecule has 1 saturated heterocycles. The van der Waals surface area contributed by atoms with E-state index in [0.717, 1.165) is 25.7 Å². The minimum absolute atomic E-state index is 0.187. The minimum Gasteiger partial charge on any atom is -0.465 e. The number of β-lactam (4-membered cyclic amide) rings is 1. The minimum atomic E-state index is -1.01. The number of nitrogens with one attached hydrogen (secondary N) is 1. The Morgan fingerprint density at radius 3 is 2.43 bits per heavy atom. The summed E-state index contributed by atoms with van der Waals surface area (Å²) in [6.45, 7) is 2.98. The highest BCUT2D eigenvalue weighted by Crippen LogP contribution is 2.12. The predicted molar refractivity (Wildman–Crippen MR) is 80.3 cm³/mol. The van der Waals surface area contributed by atoms with Crippen molar-refractivity contribution in [3.05, 3.63) is 35.4 Å². The average Bonchev–Trinajstić information content (AvgIpc) is 2.48. The van der Waals surface area contributed by atoms with Gasteiger partial charge >= 0.3 is 6.09 Å². The fraction of sp³-hybridized carbons (Fsp3) is 0.500. The van der Waals surface area contributed by atoms with Gasteiger partial charge in [0.15, 0.2) is 0 Å². The number of nitrogens with zero attached hydrogens (tertiary/aromatic N) is 1. The van der Waals surface area contributed by atoms with E-state index in [1.807, 2.05) is 0 Å². The highest BCUT2D eigenvalue weighted by molar-refractivity contribution is 5.90. The van der Waals surface area contributed by atoms with Gasteiger partial charge in [0.05, 0.1) is 0 Å². The van der Waals surface area contributed by atoms with Crippen LogP contribution in [0.4, 0.5) is 4.79 Å². The molecule has 0 radical (unpaired) electrons. The van der Waals surface area contributed by atoms with Crippen molar-refractivity contribution in [3.63, 3.8) is 0 Å². The molecule has 21 heavy (non-hydrogen) atoms. The Hall–Kier alpha value is -2.04. The number of rotatable bonds is 7. The highest BCUT2D eigenvalue weighted by atomic mass is 16.4. The zero-order chi connectivity index (χ0) is 15.2. The molecule has 114 valence electrons. The van der Waals surface area contributed by atoms with Crippen LogP contribution in [0.15, 0.2) is 24.3 Å². The fourth-order valence-corrected chi connectivity index (χ4v) is 2.47. The molecule has 1 heterocycles. The van der Waals surface area contributed by atoms with Gasteiger partial charge in [0.1, 0.15) is 6.04 Å². The van der Waals surface area contributed by atoms with E-state index in [0.29, 0.717) is 13.1 Å². The van der Waals surface area contributed by atoms with Crippen LogP contribution >= 0.6 is 0 Å². The molecular formula is C16H22N2O3.